The lowest BCUT2D eigenvalue weighted by Crippen LogP contribution is -2.31. The summed E-state index contributed by atoms with van der Waals surface area (Å²) in [5.74, 6) is 0.0708. The van der Waals surface area contributed by atoms with Crippen molar-refractivity contribution in [2.75, 3.05) is 6.54 Å². The summed E-state index contributed by atoms with van der Waals surface area (Å²) in [6.07, 6.45) is 1.61. The van der Waals surface area contributed by atoms with Crippen LogP contribution >= 0.6 is 23.2 Å². The zero-order valence-corrected chi connectivity index (χ0v) is 16.4. The monoisotopic (exact) mass is 398 g/mol. The quantitative estimate of drug-likeness (QED) is 0.577. The molecule has 5 heteroatoms. The van der Waals surface area contributed by atoms with E-state index in [1.165, 1.54) is 0 Å². The van der Waals surface area contributed by atoms with Crippen molar-refractivity contribution >= 4 is 29.1 Å². The molecule has 0 bridgehead atoms. The summed E-state index contributed by atoms with van der Waals surface area (Å²) in [6, 6.07) is 20.9. The number of nitrogens with one attached hydrogen (secondary N) is 1. The van der Waals surface area contributed by atoms with Crippen molar-refractivity contribution in [2.24, 2.45) is 0 Å². The van der Waals surface area contributed by atoms with Gasteiger partial charge in [0, 0.05) is 28.7 Å². The molecule has 3 nitrogen and oxygen atoms in total. The molecule has 0 aliphatic carbocycles. The molecule has 1 N–H and O–H groups in total. The third-order valence-corrected chi connectivity index (χ3v) is 5.18. The first-order chi connectivity index (χ1) is 13.0. The Kier molecular flexibility index (Phi) is 6.49. The summed E-state index contributed by atoms with van der Waals surface area (Å²) in [5.41, 5.74) is 2.68. The number of halogens is 2. The molecule has 138 valence electrons. The largest absolute Gasteiger partial charge is 0.350 e. The fourth-order valence-corrected chi connectivity index (χ4v) is 3.33. The van der Waals surface area contributed by atoms with Crippen molar-refractivity contribution in [1.29, 1.82) is 0 Å². The molecule has 0 saturated heterocycles. The minimum absolute atomic E-state index is 0.0797. The van der Waals surface area contributed by atoms with Crippen LogP contribution in [0.4, 0.5) is 0 Å². The minimum Gasteiger partial charge on any atom is -0.350 e. The van der Waals surface area contributed by atoms with Gasteiger partial charge in [-0.25, -0.2) is 0 Å². The molecule has 27 heavy (non-hydrogen) atoms. The molecular formula is C22H20Cl2N2O. The topological polar surface area (TPSA) is 42.0 Å². The zero-order chi connectivity index (χ0) is 19.2. The van der Waals surface area contributed by atoms with Crippen LogP contribution in [0.3, 0.4) is 0 Å². The lowest BCUT2D eigenvalue weighted by Gasteiger charge is -2.25. The Balaban J connectivity index is 1.82. The summed E-state index contributed by atoms with van der Waals surface area (Å²) < 4.78 is 0. The summed E-state index contributed by atoms with van der Waals surface area (Å²) in [4.78, 5) is 16.5. The predicted molar refractivity (Wildman–Crippen MR) is 111 cm³/mol. The maximum absolute atomic E-state index is 12.4. The van der Waals surface area contributed by atoms with Crippen LogP contribution in [-0.2, 0) is 0 Å². The fraction of sp³-hybridized carbons (Fsp3) is 0.182. The van der Waals surface area contributed by atoms with Crippen LogP contribution in [0.2, 0.25) is 10.0 Å². The standard InChI is InChI=1S/C22H20Cl2N2O/c1-15(16-5-9-18(23)10-6-16)20(17-7-11-19(24)12-8-17)14-26-22(27)21-4-2-3-13-25-21/h2-13,15,20H,14H2,1H3,(H,26,27). The van der Waals surface area contributed by atoms with Crippen LogP contribution in [0.5, 0.6) is 0 Å². The van der Waals surface area contributed by atoms with Crippen LogP contribution in [-0.4, -0.2) is 17.4 Å². The van der Waals surface area contributed by atoms with Gasteiger partial charge >= 0.3 is 0 Å². The molecule has 0 aliphatic rings. The Bertz CT molecular complexity index is 880. The number of pyridine rings is 1. The maximum Gasteiger partial charge on any atom is 0.269 e. The Morgan fingerprint density at radius 3 is 2.07 bits per heavy atom. The van der Waals surface area contributed by atoms with Gasteiger partial charge in [-0.15, -0.1) is 0 Å². The van der Waals surface area contributed by atoms with Gasteiger partial charge in [-0.2, -0.15) is 0 Å². The van der Waals surface area contributed by atoms with E-state index in [0.717, 1.165) is 11.1 Å². The summed E-state index contributed by atoms with van der Waals surface area (Å²) in [5, 5.41) is 4.41. The van der Waals surface area contributed by atoms with Gasteiger partial charge in [0.25, 0.3) is 5.91 Å². The maximum atomic E-state index is 12.4. The van der Waals surface area contributed by atoms with Crippen molar-refractivity contribution in [2.45, 2.75) is 18.8 Å². The third kappa shape index (κ3) is 5.09. The normalized spacial score (nSPS) is 13.0. The second kappa shape index (κ2) is 9.03. The first-order valence-corrected chi connectivity index (χ1v) is 9.50. The van der Waals surface area contributed by atoms with E-state index in [1.807, 2.05) is 48.5 Å². The predicted octanol–water partition coefficient (Wildman–Crippen LogP) is 5.71. The highest BCUT2D eigenvalue weighted by Crippen LogP contribution is 2.33. The van der Waals surface area contributed by atoms with Gasteiger partial charge in [0.15, 0.2) is 0 Å². The molecule has 3 rings (SSSR count). The highest BCUT2D eigenvalue weighted by molar-refractivity contribution is 6.30. The highest BCUT2D eigenvalue weighted by Gasteiger charge is 2.22. The molecule has 3 aromatic rings. The van der Waals surface area contributed by atoms with Crippen LogP contribution in [0.25, 0.3) is 0 Å². The number of benzene rings is 2. The smallest absolute Gasteiger partial charge is 0.269 e. The van der Waals surface area contributed by atoms with Crippen LogP contribution < -0.4 is 5.32 Å². The molecule has 0 saturated carbocycles. The first-order valence-electron chi connectivity index (χ1n) is 8.75. The van der Waals surface area contributed by atoms with Crippen LogP contribution in [0.15, 0.2) is 72.9 Å². The van der Waals surface area contributed by atoms with E-state index in [9.17, 15) is 4.79 Å². The molecule has 2 unspecified atom stereocenters. The van der Waals surface area contributed by atoms with E-state index < -0.39 is 0 Å². The third-order valence-electron chi connectivity index (χ3n) is 4.68. The zero-order valence-electron chi connectivity index (χ0n) is 14.9. The molecule has 1 amide bonds. The first kappa shape index (κ1) is 19.4. The molecule has 2 aromatic carbocycles. The molecule has 0 aliphatic heterocycles. The molecule has 1 heterocycles. The Hall–Kier alpha value is -2.36. The highest BCUT2D eigenvalue weighted by atomic mass is 35.5. The van der Waals surface area contributed by atoms with Gasteiger partial charge < -0.3 is 5.32 Å². The van der Waals surface area contributed by atoms with E-state index in [0.29, 0.717) is 22.3 Å². The number of nitrogens with zero attached hydrogens (tertiary/aromatic N) is 1. The summed E-state index contributed by atoms with van der Waals surface area (Å²) in [7, 11) is 0. The van der Waals surface area contributed by atoms with E-state index in [1.54, 1.807) is 24.4 Å². The number of rotatable bonds is 6. The van der Waals surface area contributed by atoms with Gasteiger partial charge in [0.2, 0.25) is 0 Å². The lowest BCUT2D eigenvalue weighted by molar-refractivity contribution is 0.0945. The van der Waals surface area contributed by atoms with Gasteiger partial charge in [0.1, 0.15) is 5.69 Å². The van der Waals surface area contributed by atoms with Gasteiger partial charge in [0.05, 0.1) is 0 Å². The second-order valence-corrected chi connectivity index (χ2v) is 7.30. The number of hydrogen-bond acceptors (Lipinski definition) is 2. The van der Waals surface area contributed by atoms with E-state index in [2.05, 4.69) is 17.2 Å². The van der Waals surface area contributed by atoms with Crippen molar-refractivity contribution < 1.29 is 4.79 Å². The van der Waals surface area contributed by atoms with E-state index >= 15 is 0 Å². The molecule has 1 aromatic heterocycles. The van der Waals surface area contributed by atoms with Gasteiger partial charge in [-0.05, 0) is 53.4 Å². The van der Waals surface area contributed by atoms with E-state index in [4.69, 9.17) is 23.2 Å². The Morgan fingerprint density at radius 2 is 1.52 bits per heavy atom. The van der Waals surface area contributed by atoms with Crippen LogP contribution in [0.1, 0.15) is 40.4 Å². The lowest BCUT2D eigenvalue weighted by atomic mass is 9.82. The molecule has 0 fully saturated rings. The summed E-state index contributed by atoms with van der Waals surface area (Å²) in [6.45, 7) is 2.64. The van der Waals surface area contributed by atoms with Gasteiger partial charge in [-0.1, -0.05) is 60.5 Å². The number of amides is 1. The molecule has 0 radical (unpaired) electrons. The van der Waals surface area contributed by atoms with Gasteiger partial charge in [-0.3, -0.25) is 9.78 Å². The average Bonchev–Trinajstić information content (AvgIpc) is 2.70. The van der Waals surface area contributed by atoms with E-state index in [-0.39, 0.29) is 17.7 Å². The second-order valence-electron chi connectivity index (χ2n) is 6.42. The Morgan fingerprint density at radius 1 is 0.926 bits per heavy atom. The van der Waals surface area contributed by atoms with Crippen molar-refractivity contribution in [1.82, 2.24) is 10.3 Å². The Labute approximate surface area is 169 Å². The number of carbonyl (C=O) groups is 1. The minimum atomic E-state index is -0.183. The number of aromatic nitrogens is 1. The number of hydrogen-bond donors (Lipinski definition) is 1. The van der Waals surface area contributed by atoms with Crippen LogP contribution in [0, 0.1) is 0 Å². The van der Waals surface area contributed by atoms with Crippen molar-refractivity contribution in [3.05, 3.63) is 99.8 Å². The van der Waals surface area contributed by atoms with Crippen molar-refractivity contribution in [3.63, 3.8) is 0 Å². The SMILES string of the molecule is CC(c1ccc(Cl)cc1)C(CNC(=O)c1ccccn1)c1ccc(Cl)cc1. The molecular weight excluding hydrogens is 379 g/mol. The average molecular weight is 399 g/mol. The molecule has 0 spiro atoms. The molecule has 2 atom stereocenters. The fourth-order valence-electron chi connectivity index (χ4n) is 3.08. The number of carbonyl (C=O) groups excluding carboxylic acids is 1. The summed E-state index contributed by atoms with van der Waals surface area (Å²) >= 11 is 12.1. The van der Waals surface area contributed by atoms with Crippen molar-refractivity contribution in [3.8, 4) is 0 Å².